The Morgan fingerprint density at radius 2 is 1.76 bits per heavy atom. The average molecular weight is 481 g/mol. The van der Waals surface area contributed by atoms with Crippen LogP contribution in [0.1, 0.15) is 15.9 Å². The van der Waals surface area contributed by atoms with E-state index in [1.54, 1.807) is 23.5 Å². The van der Waals surface area contributed by atoms with Crippen molar-refractivity contribution in [3.05, 3.63) is 77.9 Å². The van der Waals surface area contributed by atoms with Crippen LogP contribution < -0.4 is 5.32 Å². The maximum absolute atomic E-state index is 12.3. The number of thiazole rings is 1. The Labute approximate surface area is 195 Å². The average Bonchev–Trinajstić information content (AvgIpc) is 3.20. The normalized spacial score (nSPS) is 11.3. The fourth-order valence-electron chi connectivity index (χ4n) is 3.22. The number of ether oxygens (including phenoxy) is 1. The van der Waals surface area contributed by atoms with E-state index in [-0.39, 0.29) is 10.5 Å². The van der Waals surface area contributed by atoms with Crippen molar-refractivity contribution >= 4 is 49.0 Å². The summed E-state index contributed by atoms with van der Waals surface area (Å²) in [4.78, 5) is 29.0. The maximum Gasteiger partial charge on any atom is 0.339 e. The number of sulfone groups is 1. The number of hydrogen-bond donors (Lipinski definition) is 1. The van der Waals surface area contributed by atoms with Gasteiger partial charge in [0.05, 0.1) is 20.7 Å². The molecule has 0 unspecified atom stereocenters. The lowest BCUT2D eigenvalue weighted by Crippen LogP contribution is -2.21. The van der Waals surface area contributed by atoms with E-state index in [0.717, 1.165) is 27.0 Å². The monoisotopic (exact) mass is 480 g/mol. The van der Waals surface area contributed by atoms with Crippen molar-refractivity contribution < 1.29 is 22.7 Å². The number of aromatic nitrogens is 1. The fourth-order valence-corrected chi connectivity index (χ4v) is 5.16. The lowest BCUT2D eigenvalue weighted by atomic mass is 10.2. The quantitative estimate of drug-likeness (QED) is 0.409. The third-order valence-electron chi connectivity index (χ3n) is 4.80. The zero-order chi connectivity index (χ0) is 23.6. The van der Waals surface area contributed by atoms with E-state index < -0.39 is 28.3 Å². The molecule has 0 saturated heterocycles. The molecule has 1 amide bonds. The highest BCUT2D eigenvalue weighted by Crippen LogP contribution is 2.31. The first-order valence-corrected chi connectivity index (χ1v) is 12.7. The van der Waals surface area contributed by atoms with E-state index in [2.05, 4.69) is 16.4 Å². The standard InChI is InChI=1S/C24H20N2O5S2/c1-15-7-12-19-20(13-15)32-23(26-19)16-8-10-17(11-9-16)25-22(27)14-31-24(28)18-5-3-4-6-21(18)33(2,29)30/h3-13H,14H2,1-2H3,(H,25,27). The number of carbonyl (C=O) groups excluding carboxylic acids is 2. The minimum Gasteiger partial charge on any atom is -0.452 e. The number of benzene rings is 3. The van der Waals surface area contributed by atoms with E-state index in [4.69, 9.17) is 4.74 Å². The molecule has 0 aliphatic carbocycles. The van der Waals surface area contributed by atoms with Gasteiger partial charge in [0.15, 0.2) is 16.4 Å². The van der Waals surface area contributed by atoms with Crippen LogP contribution in [0.15, 0.2) is 71.6 Å². The van der Waals surface area contributed by atoms with Gasteiger partial charge in [0.25, 0.3) is 5.91 Å². The first-order valence-electron chi connectivity index (χ1n) is 9.94. The molecule has 0 spiro atoms. The second kappa shape index (κ2) is 9.13. The number of esters is 1. The van der Waals surface area contributed by atoms with E-state index in [0.29, 0.717) is 5.69 Å². The number of fused-ring (bicyclic) bond motifs is 1. The molecule has 0 aliphatic rings. The molecule has 0 aliphatic heterocycles. The molecule has 0 fully saturated rings. The van der Waals surface area contributed by atoms with Gasteiger partial charge in [-0.3, -0.25) is 4.79 Å². The summed E-state index contributed by atoms with van der Waals surface area (Å²) in [6.07, 6.45) is 1.00. The maximum atomic E-state index is 12.3. The summed E-state index contributed by atoms with van der Waals surface area (Å²) >= 11 is 1.60. The van der Waals surface area contributed by atoms with Crippen molar-refractivity contribution in [2.24, 2.45) is 0 Å². The third kappa shape index (κ3) is 5.27. The number of anilines is 1. The number of carbonyl (C=O) groups is 2. The van der Waals surface area contributed by atoms with Crippen molar-refractivity contribution in [1.29, 1.82) is 0 Å². The first kappa shape index (κ1) is 22.6. The Morgan fingerprint density at radius 3 is 2.48 bits per heavy atom. The van der Waals surface area contributed by atoms with Crippen LogP contribution in [0.3, 0.4) is 0 Å². The Hall–Kier alpha value is -3.56. The molecule has 1 N–H and O–H groups in total. The molecule has 1 heterocycles. The smallest absolute Gasteiger partial charge is 0.339 e. The lowest BCUT2D eigenvalue weighted by molar-refractivity contribution is -0.119. The van der Waals surface area contributed by atoms with E-state index in [1.807, 2.05) is 31.2 Å². The number of nitrogens with zero attached hydrogens (tertiary/aromatic N) is 1. The second-order valence-electron chi connectivity index (χ2n) is 7.46. The molecule has 3 aromatic carbocycles. The summed E-state index contributed by atoms with van der Waals surface area (Å²) in [5.74, 6) is -1.42. The highest BCUT2D eigenvalue weighted by atomic mass is 32.2. The third-order valence-corrected chi connectivity index (χ3v) is 7.02. The largest absolute Gasteiger partial charge is 0.452 e. The molecule has 4 aromatic rings. The molecular formula is C24H20N2O5S2. The Kier molecular flexibility index (Phi) is 6.26. The minimum atomic E-state index is -3.61. The van der Waals surface area contributed by atoms with Crippen molar-refractivity contribution in [3.8, 4) is 10.6 Å². The van der Waals surface area contributed by atoms with Gasteiger partial charge < -0.3 is 10.1 Å². The molecule has 0 bridgehead atoms. The summed E-state index contributed by atoms with van der Waals surface area (Å²) in [5.41, 5.74) is 3.47. The van der Waals surface area contributed by atoms with Gasteiger partial charge in [-0.1, -0.05) is 18.2 Å². The van der Waals surface area contributed by atoms with E-state index in [1.165, 1.54) is 29.8 Å². The molecule has 0 atom stereocenters. The van der Waals surface area contributed by atoms with Crippen molar-refractivity contribution in [1.82, 2.24) is 4.98 Å². The Bertz CT molecular complexity index is 1460. The summed E-state index contributed by atoms with van der Waals surface area (Å²) in [6.45, 7) is 1.49. The molecule has 0 radical (unpaired) electrons. The molecule has 1 aromatic heterocycles. The predicted octanol–water partition coefficient (Wildman–Crippen LogP) is 4.47. The molecule has 9 heteroatoms. The highest BCUT2D eigenvalue weighted by molar-refractivity contribution is 7.90. The molecule has 7 nitrogen and oxygen atoms in total. The van der Waals surface area contributed by atoms with Crippen LogP contribution in [0.25, 0.3) is 20.8 Å². The van der Waals surface area contributed by atoms with Gasteiger partial charge >= 0.3 is 5.97 Å². The van der Waals surface area contributed by atoms with Gasteiger partial charge in [-0.25, -0.2) is 18.2 Å². The molecule has 0 saturated carbocycles. The lowest BCUT2D eigenvalue weighted by Gasteiger charge is -2.09. The van der Waals surface area contributed by atoms with Crippen LogP contribution in [0.4, 0.5) is 5.69 Å². The van der Waals surface area contributed by atoms with Crippen LogP contribution in [0.5, 0.6) is 0 Å². The van der Waals surface area contributed by atoms with Crippen LogP contribution in [0.2, 0.25) is 0 Å². The van der Waals surface area contributed by atoms with E-state index >= 15 is 0 Å². The van der Waals surface area contributed by atoms with Crippen molar-refractivity contribution in [2.45, 2.75) is 11.8 Å². The second-order valence-corrected chi connectivity index (χ2v) is 10.5. The summed E-state index contributed by atoms with van der Waals surface area (Å²) < 4.78 is 29.8. The van der Waals surface area contributed by atoms with Gasteiger partial charge in [-0.15, -0.1) is 11.3 Å². The number of amides is 1. The number of nitrogens with one attached hydrogen (secondary N) is 1. The summed E-state index contributed by atoms with van der Waals surface area (Å²) in [5, 5.41) is 3.54. The molecular weight excluding hydrogens is 460 g/mol. The van der Waals surface area contributed by atoms with E-state index in [9.17, 15) is 18.0 Å². The fraction of sp³-hybridized carbons (Fsp3) is 0.125. The topological polar surface area (TPSA) is 102 Å². The summed E-state index contributed by atoms with van der Waals surface area (Å²) in [7, 11) is -3.61. The minimum absolute atomic E-state index is 0.108. The molecule has 168 valence electrons. The highest BCUT2D eigenvalue weighted by Gasteiger charge is 2.20. The van der Waals surface area contributed by atoms with Gasteiger partial charge in [0, 0.05) is 17.5 Å². The zero-order valence-corrected chi connectivity index (χ0v) is 19.5. The Morgan fingerprint density at radius 1 is 1.03 bits per heavy atom. The molecule has 33 heavy (non-hydrogen) atoms. The van der Waals surface area contributed by atoms with Gasteiger partial charge in [-0.05, 0) is 61.0 Å². The van der Waals surface area contributed by atoms with Gasteiger partial charge in [0.1, 0.15) is 5.01 Å². The van der Waals surface area contributed by atoms with Gasteiger partial charge in [0.2, 0.25) is 0 Å². The summed E-state index contributed by atoms with van der Waals surface area (Å²) in [6, 6.07) is 19.0. The van der Waals surface area contributed by atoms with Crippen LogP contribution >= 0.6 is 11.3 Å². The van der Waals surface area contributed by atoms with Crippen molar-refractivity contribution in [3.63, 3.8) is 0 Å². The number of rotatable bonds is 6. The number of aryl methyl sites for hydroxylation is 1. The zero-order valence-electron chi connectivity index (χ0n) is 17.9. The van der Waals surface area contributed by atoms with Crippen LogP contribution in [-0.4, -0.2) is 38.1 Å². The number of hydrogen-bond acceptors (Lipinski definition) is 7. The Balaban J connectivity index is 1.39. The first-order chi connectivity index (χ1) is 15.7. The predicted molar refractivity (Wildman–Crippen MR) is 128 cm³/mol. The van der Waals surface area contributed by atoms with Crippen LogP contribution in [-0.2, 0) is 19.4 Å². The SMILES string of the molecule is Cc1ccc2nc(-c3ccc(NC(=O)COC(=O)c4ccccc4S(C)(=O)=O)cc3)sc2c1. The van der Waals surface area contributed by atoms with Crippen molar-refractivity contribution in [2.75, 3.05) is 18.2 Å². The molecule has 4 rings (SSSR count). The van der Waals surface area contributed by atoms with Gasteiger partial charge in [-0.2, -0.15) is 0 Å². The van der Waals surface area contributed by atoms with Crippen LogP contribution in [0, 0.1) is 6.92 Å².